The van der Waals surface area contributed by atoms with Gasteiger partial charge in [-0.05, 0) is 67.0 Å². The Morgan fingerprint density at radius 2 is 1.84 bits per heavy atom. The molecule has 1 saturated carbocycles. The number of benzene rings is 2. The molecule has 1 aliphatic carbocycles. The maximum absolute atomic E-state index is 13.9. The molecule has 162 valence electrons. The Bertz CT molecular complexity index is 985. The Kier molecular flexibility index (Phi) is 6.27. The monoisotopic (exact) mass is 455 g/mol. The van der Waals surface area contributed by atoms with E-state index in [1.165, 1.54) is 0 Å². The first kappa shape index (κ1) is 22.1. The minimum absolute atomic E-state index is 0.0104. The first-order chi connectivity index (χ1) is 14.9. The fourth-order valence-corrected chi connectivity index (χ4v) is 5.38. The van der Waals surface area contributed by atoms with Crippen LogP contribution in [0.15, 0.2) is 61.2 Å². The Labute approximate surface area is 194 Å². The van der Waals surface area contributed by atoms with Gasteiger partial charge < -0.3 is 9.69 Å². The molecule has 2 unspecified atom stereocenters. The first-order valence-electron chi connectivity index (χ1n) is 10.8. The van der Waals surface area contributed by atoms with Crippen LogP contribution in [0.1, 0.15) is 55.7 Å². The number of piperidine rings is 1. The van der Waals surface area contributed by atoms with Crippen molar-refractivity contribution < 1.29 is 9.59 Å². The van der Waals surface area contributed by atoms with E-state index in [2.05, 4.69) is 12.6 Å². The lowest BCUT2D eigenvalue weighted by atomic mass is 9.67. The summed E-state index contributed by atoms with van der Waals surface area (Å²) in [5.74, 6) is 0.237. The van der Waals surface area contributed by atoms with Crippen LogP contribution in [0.2, 0.25) is 10.0 Å². The smallest absolute Gasteiger partial charge is 0.229 e. The second-order valence-electron chi connectivity index (χ2n) is 9.09. The van der Waals surface area contributed by atoms with Crippen molar-refractivity contribution in [1.29, 1.82) is 0 Å². The molecule has 5 heteroatoms. The van der Waals surface area contributed by atoms with Gasteiger partial charge in [-0.25, -0.2) is 0 Å². The number of carbonyl (C=O) groups excluding carboxylic acids is 2. The van der Waals surface area contributed by atoms with Crippen molar-refractivity contribution in [3.8, 4) is 0 Å². The highest BCUT2D eigenvalue weighted by molar-refractivity contribution is 6.30. The van der Waals surface area contributed by atoms with Crippen LogP contribution < -0.4 is 0 Å². The van der Waals surface area contributed by atoms with Crippen LogP contribution in [0.5, 0.6) is 0 Å². The fraction of sp³-hybridized carbons (Fsp3) is 0.385. The highest BCUT2D eigenvalue weighted by atomic mass is 35.5. The highest BCUT2D eigenvalue weighted by Crippen LogP contribution is 2.53. The second-order valence-corrected chi connectivity index (χ2v) is 9.96. The summed E-state index contributed by atoms with van der Waals surface area (Å²) in [7, 11) is 0. The van der Waals surface area contributed by atoms with Crippen LogP contribution in [0.3, 0.4) is 0 Å². The average Bonchev–Trinajstić information content (AvgIpc) is 3.58. The van der Waals surface area contributed by atoms with E-state index in [1.54, 1.807) is 6.08 Å². The minimum Gasteiger partial charge on any atom is -0.325 e. The van der Waals surface area contributed by atoms with Gasteiger partial charge in [-0.15, -0.1) is 6.58 Å². The molecule has 0 spiro atoms. The number of carbonyl (C=O) groups is 2. The summed E-state index contributed by atoms with van der Waals surface area (Å²) >= 11 is 12.5. The molecule has 3 nitrogen and oxygen atoms in total. The van der Waals surface area contributed by atoms with Gasteiger partial charge in [0.1, 0.15) is 6.29 Å². The molecule has 1 amide bonds. The van der Waals surface area contributed by atoms with Crippen LogP contribution >= 0.6 is 23.2 Å². The summed E-state index contributed by atoms with van der Waals surface area (Å²) in [6.07, 6.45) is 5.93. The van der Waals surface area contributed by atoms with Crippen molar-refractivity contribution in [3.05, 3.63) is 82.4 Å². The number of likely N-dealkylation sites (tertiary alicyclic amines) is 1. The lowest BCUT2D eigenvalue weighted by molar-refractivity contribution is -0.156. The predicted molar refractivity (Wildman–Crippen MR) is 125 cm³/mol. The molecule has 4 atom stereocenters. The van der Waals surface area contributed by atoms with Crippen LogP contribution in [0.4, 0.5) is 0 Å². The van der Waals surface area contributed by atoms with Crippen molar-refractivity contribution in [2.75, 3.05) is 0 Å². The Morgan fingerprint density at radius 3 is 2.42 bits per heavy atom. The number of hydrogen-bond donors (Lipinski definition) is 0. The van der Waals surface area contributed by atoms with E-state index < -0.39 is 11.5 Å². The van der Waals surface area contributed by atoms with E-state index in [0.29, 0.717) is 22.9 Å². The SMILES string of the molecule is C=CC[C@@]1(C)C[C@H](c2cccc(Cl)c2)C(c2ccc(Cl)cc2)N(C(C=O)C2CC2)C1=O. The number of hydrogen-bond acceptors (Lipinski definition) is 2. The molecule has 4 rings (SSSR count). The predicted octanol–water partition coefficient (Wildman–Crippen LogP) is 6.61. The lowest BCUT2D eigenvalue weighted by Crippen LogP contribution is -2.56. The maximum atomic E-state index is 13.9. The molecule has 0 bridgehead atoms. The molecule has 0 radical (unpaired) electrons. The van der Waals surface area contributed by atoms with Crippen LogP contribution in [-0.2, 0) is 9.59 Å². The van der Waals surface area contributed by atoms with Gasteiger partial charge in [-0.1, -0.05) is 60.5 Å². The topological polar surface area (TPSA) is 37.4 Å². The van der Waals surface area contributed by atoms with E-state index in [4.69, 9.17) is 23.2 Å². The zero-order valence-electron chi connectivity index (χ0n) is 17.6. The van der Waals surface area contributed by atoms with Gasteiger partial charge in [0.05, 0.1) is 17.5 Å². The summed E-state index contributed by atoms with van der Waals surface area (Å²) < 4.78 is 0. The first-order valence-corrected chi connectivity index (χ1v) is 11.5. The van der Waals surface area contributed by atoms with Crippen molar-refractivity contribution in [2.24, 2.45) is 11.3 Å². The van der Waals surface area contributed by atoms with Crippen LogP contribution in [0, 0.1) is 11.3 Å². The Hall–Kier alpha value is -2.10. The number of nitrogens with zero attached hydrogens (tertiary/aromatic N) is 1. The van der Waals surface area contributed by atoms with Crippen LogP contribution in [-0.4, -0.2) is 23.1 Å². The number of allylic oxidation sites excluding steroid dienone is 1. The second kappa shape index (κ2) is 8.80. The van der Waals surface area contributed by atoms with Gasteiger partial charge >= 0.3 is 0 Å². The molecule has 1 aliphatic heterocycles. The molecule has 1 saturated heterocycles. The molecule has 0 aromatic heterocycles. The average molecular weight is 456 g/mol. The molecular formula is C26H27Cl2NO2. The molecule has 2 aliphatic rings. The van der Waals surface area contributed by atoms with Gasteiger partial charge in [0.25, 0.3) is 0 Å². The van der Waals surface area contributed by atoms with Gasteiger partial charge in [-0.2, -0.15) is 0 Å². The molecule has 2 aromatic carbocycles. The molecule has 2 fully saturated rings. The molecule has 2 aromatic rings. The molecule has 1 heterocycles. The summed E-state index contributed by atoms with van der Waals surface area (Å²) in [6.45, 7) is 5.89. The third-order valence-corrected chi connectivity index (χ3v) is 7.24. The van der Waals surface area contributed by atoms with E-state index >= 15 is 0 Å². The summed E-state index contributed by atoms with van der Waals surface area (Å²) in [4.78, 5) is 28.1. The van der Waals surface area contributed by atoms with Crippen molar-refractivity contribution >= 4 is 35.4 Å². The lowest BCUT2D eigenvalue weighted by Gasteiger charge is -2.51. The zero-order chi connectivity index (χ0) is 22.2. The minimum atomic E-state index is -0.631. The quantitative estimate of drug-likeness (QED) is 0.347. The summed E-state index contributed by atoms with van der Waals surface area (Å²) in [6, 6.07) is 14.8. The Morgan fingerprint density at radius 1 is 1.13 bits per heavy atom. The van der Waals surface area contributed by atoms with E-state index in [-0.39, 0.29) is 23.8 Å². The van der Waals surface area contributed by atoms with Crippen molar-refractivity contribution in [1.82, 2.24) is 4.90 Å². The van der Waals surface area contributed by atoms with Gasteiger partial charge in [0.15, 0.2) is 0 Å². The summed E-state index contributed by atoms with van der Waals surface area (Å²) in [5.41, 5.74) is 1.42. The van der Waals surface area contributed by atoms with Gasteiger partial charge in [0.2, 0.25) is 5.91 Å². The van der Waals surface area contributed by atoms with E-state index in [0.717, 1.165) is 30.3 Å². The summed E-state index contributed by atoms with van der Waals surface area (Å²) in [5, 5.41) is 1.30. The van der Waals surface area contributed by atoms with E-state index in [1.807, 2.05) is 54.3 Å². The van der Waals surface area contributed by atoms with Crippen molar-refractivity contribution in [3.63, 3.8) is 0 Å². The molecular weight excluding hydrogens is 429 g/mol. The standard InChI is InChI=1S/C26H27Cl2NO2/c1-3-13-26(2)15-22(19-5-4-6-21(28)14-19)24(18-9-11-20(27)12-10-18)29(25(26)31)23(16-30)17-7-8-17/h3-6,9-12,14,16-17,22-24H,1,7-8,13,15H2,2H3/t22-,23?,24?,26+/m1/s1. The largest absolute Gasteiger partial charge is 0.325 e. The third kappa shape index (κ3) is 4.31. The molecule has 31 heavy (non-hydrogen) atoms. The third-order valence-electron chi connectivity index (χ3n) is 6.75. The number of amides is 1. The van der Waals surface area contributed by atoms with E-state index in [9.17, 15) is 9.59 Å². The van der Waals surface area contributed by atoms with Gasteiger partial charge in [-0.3, -0.25) is 4.79 Å². The maximum Gasteiger partial charge on any atom is 0.229 e. The normalized spacial score (nSPS) is 27.1. The Balaban J connectivity index is 1.90. The van der Waals surface area contributed by atoms with Crippen LogP contribution in [0.25, 0.3) is 0 Å². The zero-order valence-corrected chi connectivity index (χ0v) is 19.1. The highest BCUT2D eigenvalue weighted by Gasteiger charge is 2.53. The van der Waals surface area contributed by atoms with Crippen molar-refractivity contribution in [2.45, 2.75) is 50.6 Å². The van der Waals surface area contributed by atoms with Gasteiger partial charge in [0, 0.05) is 16.0 Å². The number of aldehydes is 1. The molecule has 0 N–H and O–H groups in total. The number of halogens is 2. The number of rotatable bonds is 7. The fourth-order valence-electron chi connectivity index (χ4n) is 5.06.